The Morgan fingerprint density at radius 2 is 1.81 bits per heavy atom. The molecule has 3 nitrogen and oxygen atoms in total. The summed E-state index contributed by atoms with van der Waals surface area (Å²) in [5, 5.41) is 0. The molecule has 2 rings (SSSR count). The van der Waals surface area contributed by atoms with Crippen molar-refractivity contribution in [3.8, 4) is 0 Å². The topological polar surface area (TPSA) is 60.2 Å². The summed E-state index contributed by atoms with van der Waals surface area (Å²) in [5.74, 6) is 0.568. The van der Waals surface area contributed by atoms with Crippen LogP contribution in [0.4, 0.5) is 5.69 Å². The van der Waals surface area contributed by atoms with Crippen LogP contribution >= 0.6 is 27.7 Å². The lowest BCUT2D eigenvalue weighted by Gasteiger charge is -2.07. The van der Waals surface area contributed by atoms with Gasteiger partial charge in [-0.05, 0) is 48.9 Å². The maximum absolute atomic E-state index is 12.2. The molecule has 2 aromatic rings. The van der Waals surface area contributed by atoms with E-state index in [0.29, 0.717) is 16.3 Å². The molecule has 6 heteroatoms. The second kappa shape index (κ2) is 6.85. The molecule has 0 heterocycles. The van der Waals surface area contributed by atoms with Crippen molar-refractivity contribution in [1.29, 1.82) is 0 Å². The highest BCUT2D eigenvalue weighted by Crippen LogP contribution is 2.27. The molecule has 0 bridgehead atoms. The van der Waals surface area contributed by atoms with E-state index in [-0.39, 0.29) is 5.75 Å². The standard InChI is InChI=1S/C15H16BrNO2S2/c1-11-2-7-14(17)15(10-11)20-8-9-21(18,19)13-5-3-12(16)4-6-13/h2-7,10H,8-9,17H2,1H3. The second-order valence-corrected chi connectivity index (χ2v) is 8.82. The Balaban J connectivity index is 2.02. The maximum Gasteiger partial charge on any atom is 0.179 e. The van der Waals surface area contributed by atoms with Crippen molar-refractivity contribution in [3.05, 3.63) is 52.5 Å². The maximum atomic E-state index is 12.2. The third-order valence-electron chi connectivity index (χ3n) is 2.95. The molecule has 0 radical (unpaired) electrons. The van der Waals surface area contributed by atoms with Gasteiger partial charge in [-0.2, -0.15) is 0 Å². The minimum absolute atomic E-state index is 0.0900. The SMILES string of the molecule is Cc1ccc(N)c(SCCS(=O)(=O)c2ccc(Br)cc2)c1. The van der Waals surface area contributed by atoms with E-state index in [0.717, 1.165) is 14.9 Å². The van der Waals surface area contributed by atoms with Crippen LogP contribution in [0.3, 0.4) is 0 Å². The number of rotatable bonds is 5. The van der Waals surface area contributed by atoms with E-state index in [1.807, 2.05) is 25.1 Å². The van der Waals surface area contributed by atoms with Gasteiger partial charge in [0, 0.05) is 20.8 Å². The monoisotopic (exact) mass is 385 g/mol. The molecule has 2 aromatic carbocycles. The van der Waals surface area contributed by atoms with Gasteiger partial charge in [-0.3, -0.25) is 0 Å². The van der Waals surface area contributed by atoms with Crippen LogP contribution in [-0.2, 0) is 9.84 Å². The van der Waals surface area contributed by atoms with Crippen LogP contribution in [0.25, 0.3) is 0 Å². The van der Waals surface area contributed by atoms with E-state index in [1.165, 1.54) is 11.8 Å². The van der Waals surface area contributed by atoms with Crippen molar-refractivity contribution < 1.29 is 8.42 Å². The molecule has 0 spiro atoms. The first kappa shape index (κ1) is 16.4. The van der Waals surface area contributed by atoms with Gasteiger partial charge >= 0.3 is 0 Å². The Hall–Kier alpha value is -0.980. The predicted molar refractivity (Wildman–Crippen MR) is 92.5 cm³/mol. The lowest BCUT2D eigenvalue weighted by molar-refractivity contribution is 0.597. The van der Waals surface area contributed by atoms with Crippen LogP contribution in [0.5, 0.6) is 0 Å². The fourth-order valence-corrected chi connectivity index (χ4v) is 4.77. The lowest BCUT2D eigenvalue weighted by atomic mass is 10.2. The quantitative estimate of drug-likeness (QED) is 0.625. The van der Waals surface area contributed by atoms with E-state index in [9.17, 15) is 8.42 Å². The molecule has 21 heavy (non-hydrogen) atoms. The molecule has 112 valence electrons. The van der Waals surface area contributed by atoms with Crippen molar-refractivity contribution in [3.63, 3.8) is 0 Å². The molecule has 0 saturated heterocycles. The number of hydrogen-bond donors (Lipinski definition) is 1. The number of hydrogen-bond acceptors (Lipinski definition) is 4. The van der Waals surface area contributed by atoms with Gasteiger partial charge in [0.1, 0.15) is 0 Å². The average Bonchev–Trinajstić information content (AvgIpc) is 2.43. The molecule has 0 saturated carbocycles. The predicted octanol–water partition coefficient (Wildman–Crippen LogP) is 3.91. The number of thioether (sulfide) groups is 1. The third kappa shape index (κ3) is 4.49. The van der Waals surface area contributed by atoms with Gasteiger partial charge < -0.3 is 5.73 Å². The number of anilines is 1. The minimum atomic E-state index is -3.25. The van der Waals surface area contributed by atoms with Crippen molar-refractivity contribution in [2.24, 2.45) is 0 Å². The summed E-state index contributed by atoms with van der Waals surface area (Å²) < 4.78 is 25.3. The average molecular weight is 386 g/mol. The number of sulfone groups is 1. The van der Waals surface area contributed by atoms with Crippen LogP contribution in [0.2, 0.25) is 0 Å². The van der Waals surface area contributed by atoms with Gasteiger partial charge in [0.05, 0.1) is 10.6 Å². The minimum Gasteiger partial charge on any atom is -0.398 e. The molecule has 0 aliphatic heterocycles. The van der Waals surface area contributed by atoms with Crippen LogP contribution < -0.4 is 5.73 Å². The van der Waals surface area contributed by atoms with Crippen LogP contribution in [-0.4, -0.2) is 19.9 Å². The highest BCUT2D eigenvalue weighted by atomic mass is 79.9. The van der Waals surface area contributed by atoms with Crippen molar-refractivity contribution in [1.82, 2.24) is 0 Å². The Morgan fingerprint density at radius 3 is 2.48 bits per heavy atom. The Morgan fingerprint density at radius 1 is 1.14 bits per heavy atom. The molecule has 2 N–H and O–H groups in total. The summed E-state index contributed by atoms with van der Waals surface area (Å²) in [6.45, 7) is 1.99. The van der Waals surface area contributed by atoms with Gasteiger partial charge in [-0.1, -0.05) is 22.0 Å². The zero-order valence-electron chi connectivity index (χ0n) is 11.5. The first-order chi connectivity index (χ1) is 9.88. The fourth-order valence-electron chi connectivity index (χ4n) is 1.79. The summed E-state index contributed by atoms with van der Waals surface area (Å²) >= 11 is 4.77. The van der Waals surface area contributed by atoms with Gasteiger partial charge in [0.15, 0.2) is 9.84 Å². The van der Waals surface area contributed by atoms with E-state index in [2.05, 4.69) is 15.9 Å². The molecular formula is C15H16BrNO2S2. The second-order valence-electron chi connectivity index (χ2n) is 4.66. The highest BCUT2D eigenvalue weighted by Gasteiger charge is 2.14. The lowest BCUT2D eigenvalue weighted by Crippen LogP contribution is -2.08. The van der Waals surface area contributed by atoms with E-state index in [4.69, 9.17) is 5.73 Å². The molecule has 0 fully saturated rings. The zero-order chi connectivity index (χ0) is 15.5. The number of aryl methyl sites for hydroxylation is 1. The number of nitrogens with two attached hydrogens (primary N) is 1. The Labute approximate surface area is 138 Å². The Kier molecular flexibility index (Phi) is 5.35. The van der Waals surface area contributed by atoms with Crippen LogP contribution in [0.1, 0.15) is 5.56 Å². The number of nitrogen functional groups attached to an aromatic ring is 1. The summed E-state index contributed by atoms with van der Waals surface area (Å²) in [6.07, 6.45) is 0. The molecule has 0 aliphatic rings. The first-order valence-electron chi connectivity index (χ1n) is 6.36. The van der Waals surface area contributed by atoms with Crippen molar-refractivity contribution >= 4 is 43.2 Å². The Bertz CT molecular complexity index is 728. The molecule has 0 aromatic heterocycles. The van der Waals surface area contributed by atoms with Crippen molar-refractivity contribution in [2.45, 2.75) is 16.7 Å². The summed E-state index contributed by atoms with van der Waals surface area (Å²) in [6, 6.07) is 12.5. The van der Waals surface area contributed by atoms with Crippen LogP contribution in [0.15, 0.2) is 56.7 Å². The largest absolute Gasteiger partial charge is 0.398 e. The smallest absolute Gasteiger partial charge is 0.179 e. The van der Waals surface area contributed by atoms with Gasteiger partial charge in [0.2, 0.25) is 0 Å². The van der Waals surface area contributed by atoms with E-state index >= 15 is 0 Å². The summed E-state index contributed by atoms with van der Waals surface area (Å²) in [4.78, 5) is 1.28. The molecule has 0 amide bonds. The fraction of sp³-hybridized carbons (Fsp3) is 0.200. The first-order valence-corrected chi connectivity index (χ1v) is 9.79. The van der Waals surface area contributed by atoms with Gasteiger partial charge in [0.25, 0.3) is 0 Å². The van der Waals surface area contributed by atoms with E-state index < -0.39 is 9.84 Å². The normalized spacial score (nSPS) is 11.5. The van der Waals surface area contributed by atoms with E-state index in [1.54, 1.807) is 24.3 Å². The highest BCUT2D eigenvalue weighted by molar-refractivity contribution is 9.10. The van der Waals surface area contributed by atoms with Gasteiger partial charge in [-0.25, -0.2) is 8.42 Å². The number of benzene rings is 2. The molecule has 0 atom stereocenters. The summed E-state index contributed by atoms with van der Waals surface area (Å²) in [5.41, 5.74) is 7.69. The number of halogens is 1. The van der Waals surface area contributed by atoms with Crippen LogP contribution in [0, 0.1) is 6.92 Å². The van der Waals surface area contributed by atoms with Gasteiger partial charge in [-0.15, -0.1) is 11.8 Å². The zero-order valence-corrected chi connectivity index (χ0v) is 14.8. The third-order valence-corrected chi connectivity index (χ3v) is 6.54. The summed E-state index contributed by atoms with van der Waals surface area (Å²) in [7, 11) is -3.25. The molecular weight excluding hydrogens is 370 g/mol. The molecule has 0 unspecified atom stereocenters. The molecule has 0 aliphatic carbocycles. The van der Waals surface area contributed by atoms with Crippen molar-refractivity contribution in [2.75, 3.05) is 17.2 Å².